The second-order valence-corrected chi connectivity index (χ2v) is 26.4. The minimum absolute atomic E-state index is 0.141. The first kappa shape index (κ1) is 41.0. The largest absolute Gasteiger partial charge is 0.458 e. The Labute approximate surface area is 313 Å². The van der Waals surface area contributed by atoms with E-state index < -0.39 is 80.9 Å². The van der Waals surface area contributed by atoms with Crippen LogP contribution in [0, 0.1) is 22.7 Å². The SMILES string of the molecule is CC[Si](CC)(CC)O[C@H]1C(=O)[C@]2(C)[C@@H](O[Si](CC)(CC)CC)CC3C[C@@]3(OC(C)=O)[C@H]2[C@H](OC(=O)c2ccccc2)[C@]2(O)C[C@H](O)C(C)=C1C2(C)C. The Morgan fingerprint density at radius 2 is 1.40 bits per heavy atom. The highest BCUT2D eigenvalue weighted by atomic mass is 28.4. The Hall–Kier alpha value is -2.16. The van der Waals surface area contributed by atoms with E-state index in [2.05, 4.69) is 41.5 Å². The number of fused-ring (bicyclic) bond motifs is 5. The molecule has 9 atom stereocenters. The number of esters is 2. The molecule has 3 fully saturated rings. The molecule has 290 valence electrons. The third-order valence-corrected chi connectivity index (χ3v) is 23.9. The molecule has 4 aliphatic rings. The lowest BCUT2D eigenvalue weighted by molar-refractivity contribution is -0.242. The Morgan fingerprint density at radius 1 is 0.865 bits per heavy atom. The first-order chi connectivity index (χ1) is 24.4. The molecule has 0 aromatic heterocycles. The van der Waals surface area contributed by atoms with Crippen LogP contribution in [0.25, 0.3) is 0 Å². The predicted octanol–water partition coefficient (Wildman–Crippen LogP) is 7.76. The highest BCUT2D eigenvalue weighted by Crippen LogP contribution is 2.71. The molecule has 0 spiro atoms. The van der Waals surface area contributed by atoms with E-state index >= 15 is 4.79 Å². The van der Waals surface area contributed by atoms with E-state index in [0.717, 1.165) is 36.3 Å². The van der Waals surface area contributed by atoms with Crippen LogP contribution < -0.4 is 0 Å². The normalized spacial score (nSPS) is 35.5. The van der Waals surface area contributed by atoms with Crippen LogP contribution in [0.5, 0.6) is 0 Å². The molecule has 0 aliphatic heterocycles. The maximum absolute atomic E-state index is 16.2. The van der Waals surface area contributed by atoms with E-state index in [1.807, 2.05) is 33.8 Å². The monoisotopic (exact) mass is 756 g/mol. The summed E-state index contributed by atoms with van der Waals surface area (Å²) in [5.41, 5.74) is -4.28. The number of carbonyl (C=O) groups excluding carboxylic acids is 3. The lowest BCUT2D eigenvalue weighted by atomic mass is 9.47. The zero-order valence-electron chi connectivity index (χ0n) is 33.5. The quantitative estimate of drug-likeness (QED) is 0.118. The number of carbonyl (C=O) groups is 3. The van der Waals surface area contributed by atoms with Crippen LogP contribution in [0.15, 0.2) is 41.5 Å². The summed E-state index contributed by atoms with van der Waals surface area (Å²) in [5, 5.41) is 25.4. The summed E-state index contributed by atoms with van der Waals surface area (Å²) < 4.78 is 27.7. The van der Waals surface area contributed by atoms with E-state index in [0.29, 0.717) is 29.6 Å². The fourth-order valence-electron chi connectivity index (χ4n) is 10.6. The molecule has 4 aliphatic carbocycles. The average Bonchev–Trinajstić information content (AvgIpc) is 3.81. The van der Waals surface area contributed by atoms with Crippen molar-refractivity contribution in [1.29, 1.82) is 0 Å². The summed E-state index contributed by atoms with van der Waals surface area (Å²) in [6, 6.07) is 13.6. The van der Waals surface area contributed by atoms with Crippen molar-refractivity contribution in [3.63, 3.8) is 0 Å². The van der Waals surface area contributed by atoms with Crippen molar-refractivity contribution in [1.82, 2.24) is 0 Å². The van der Waals surface area contributed by atoms with Gasteiger partial charge >= 0.3 is 11.9 Å². The lowest BCUT2D eigenvalue weighted by Gasteiger charge is -2.63. The molecule has 1 unspecified atom stereocenters. The maximum Gasteiger partial charge on any atom is 0.338 e. The highest BCUT2D eigenvalue weighted by molar-refractivity contribution is 6.74. The minimum atomic E-state index is -2.52. The first-order valence-corrected chi connectivity index (χ1v) is 24.9. The summed E-state index contributed by atoms with van der Waals surface area (Å²) in [6.45, 7) is 21.7. The number of Topliss-reactive ketones (excluding diaryl/α,β-unsaturated/α-hetero) is 1. The molecule has 1 aromatic carbocycles. The minimum Gasteiger partial charge on any atom is -0.458 e. The van der Waals surface area contributed by atoms with Gasteiger partial charge in [0, 0.05) is 24.7 Å². The fourth-order valence-corrected chi connectivity index (χ4v) is 16.3. The third-order valence-electron chi connectivity index (χ3n) is 14.6. The number of rotatable bonds is 13. The van der Waals surface area contributed by atoms with Crippen molar-refractivity contribution in [2.45, 2.75) is 167 Å². The molecule has 0 amide bonds. The molecule has 0 heterocycles. The van der Waals surface area contributed by atoms with Crippen LogP contribution in [0.2, 0.25) is 36.3 Å². The summed E-state index contributed by atoms with van der Waals surface area (Å²) in [7, 11) is -4.88. The van der Waals surface area contributed by atoms with Crippen molar-refractivity contribution in [3.8, 4) is 0 Å². The number of aliphatic hydroxyl groups is 2. The van der Waals surface area contributed by atoms with Gasteiger partial charge < -0.3 is 28.5 Å². The van der Waals surface area contributed by atoms with Crippen LogP contribution in [-0.2, 0) is 27.9 Å². The fraction of sp³-hybridized carbons (Fsp3) is 0.732. The van der Waals surface area contributed by atoms with Crippen LogP contribution in [0.1, 0.15) is 106 Å². The second-order valence-electron chi connectivity index (χ2n) is 17.0. The molecule has 9 nitrogen and oxygen atoms in total. The standard InChI is InChI=1S/C41H64O9Si2/c1-12-51(13-2,14-3)49-31-23-29-24-40(29,48-27(8)42)34-36(47-37(45)28-21-19-18-20-22-28)41(46)25-30(43)26(7)32(38(41,9)10)33(35(44)39(31,34)11)50-52(15-4,16-5)17-6/h18-22,29-31,33-34,36,43,46H,12-17,23-25H2,1-11H3/t29?,30-,31-,33+,34-,36-,39+,40-,41+/m0/s1. The molecule has 5 rings (SSSR count). The molecule has 3 saturated carbocycles. The molecule has 11 heteroatoms. The van der Waals surface area contributed by atoms with Crippen molar-refractivity contribution in [3.05, 3.63) is 47.0 Å². The molecule has 0 saturated heterocycles. The van der Waals surface area contributed by atoms with Gasteiger partial charge in [0.25, 0.3) is 0 Å². The van der Waals surface area contributed by atoms with Crippen molar-refractivity contribution in [2.24, 2.45) is 22.7 Å². The van der Waals surface area contributed by atoms with Crippen LogP contribution >= 0.6 is 0 Å². The number of ketones is 1. The smallest absolute Gasteiger partial charge is 0.338 e. The van der Waals surface area contributed by atoms with Crippen LogP contribution in [0.3, 0.4) is 0 Å². The predicted molar refractivity (Wildman–Crippen MR) is 206 cm³/mol. The number of benzene rings is 1. The van der Waals surface area contributed by atoms with Crippen molar-refractivity contribution < 1.29 is 42.9 Å². The number of ether oxygens (including phenoxy) is 2. The van der Waals surface area contributed by atoms with Gasteiger partial charge in [-0.1, -0.05) is 73.6 Å². The molecule has 0 radical (unpaired) electrons. The zero-order chi connectivity index (χ0) is 38.7. The van der Waals surface area contributed by atoms with E-state index in [-0.39, 0.29) is 18.1 Å². The van der Waals surface area contributed by atoms with Gasteiger partial charge in [0.1, 0.15) is 23.4 Å². The number of hydrogen-bond acceptors (Lipinski definition) is 9. The maximum atomic E-state index is 16.2. The summed E-state index contributed by atoms with van der Waals surface area (Å²) in [6.07, 6.45) is -3.38. The number of aliphatic hydroxyl groups excluding tert-OH is 1. The Morgan fingerprint density at radius 3 is 1.92 bits per heavy atom. The van der Waals surface area contributed by atoms with Gasteiger partial charge in [-0.15, -0.1) is 0 Å². The summed E-state index contributed by atoms with van der Waals surface area (Å²) >= 11 is 0. The van der Waals surface area contributed by atoms with Crippen molar-refractivity contribution >= 4 is 34.4 Å². The molecule has 2 N–H and O–H groups in total. The highest BCUT2D eigenvalue weighted by Gasteiger charge is 2.80. The molecule has 1 aromatic rings. The topological polar surface area (TPSA) is 129 Å². The average molecular weight is 757 g/mol. The van der Waals surface area contributed by atoms with Gasteiger partial charge in [-0.2, -0.15) is 0 Å². The van der Waals surface area contributed by atoms with Crippen molar-refractivity contribution in [2.75, 3.05) is 0 Å². The van der Waals surface area contributed by atoms with E-state index in [1.54, 1.807) is 24.3 Å². The second kappa shape index (κ2) is 14.5. The molecule has 52 heavy (non-hydrogen) atoms. The lowest BCUT2D eigenvalue weighted by Crippen LogP contribution is -2.74. The van der Waals surface area contributed by atoms with E-state index in [9.17, 15) is 19.8 Å². The van der Waals surface area contributed by atoms with Gasteiger partial charge in [0.05, 0.1) is 29.1 Å². The Kier molecular flexibility index (Phi) is 11.4. The zero-order valence-corrected chi connectivity index (χ0v) is 35.5. The summed E-state index contributed by atoms with van der Waals surface area (Å²) in [5.74, 6) is -2.54. The third kappa shape index (κ3) is 6.23. The Balaban J connectivity index is 1.88. The molecular weight excluding hydrogens is 693 g/mol. The summed E-state index contributed by atoms with van der Waals surface area (Å²) in [4.78, 5) is 43.6. The van der Waals surface area contributed by atoms with Crippen LogP contribution in [0.4, 0.5) is 0 Å². The first-order valence-electron chi connectivity index (χ1n) is 19.8. The van der Waals surface area contributed by atoms with Gasteiger partial charge in [0.2, 0.25) is 0 Å². The van der Waals surface area contributed by atoms with Crippen LogP contribution in [-0.4, -0.2) is 80.2 Å². The number of hydrogen-bond donors (Lipinski definition) is 2. The molecule has 2 bridgehead atoms. The van der Waals surface area contributed by atoms with Gasteiger partial charge in [0.15, 0.2) is 22.4 Å². The van der Waals surface area contributed by atoms with Gasteiger partial charge in [-0.05, 0) is 86.2 Å². The van der Waals surface area contributed by atoms with Gasteiger partial charge in [-0.25, -0.2) is 4.79 Å². The van der Waals surface area contributed by atoms with Gasteiger partial charge in [-0.3, -0.25) is 9.59 Å². The Bertz CT molecular complexity index is 1540. The molecular formula is C41H64O9Si2. The van der Waals surface area contributed by atoms with E-state index in [4.69, 9.17) is 18.3 Å². The van der Waals surface area contributed by atoms with E-state index in [1.165, 1.54) is 6.92 Å².